The van der Waals surface area contributed by atoms with Gasteiger partial charge in [-0.15, -0.1) is 0 Å². The van der Waals surface area contributed by atoms with Gasteiger partial charge >= 0.3 is 0 Å². The highest BCUT2D eigenvalue weighted by Gasteiger charge is 2.12. The fourth-order valence-corrected chi connectivity index (χ4v) is 2.43. The van der Waals surface area contributed by atoms with E-state index in [1.807, 2.05) is 12.1 Å². The highest BCUT2D eigenvalue weighted by atomic mass is 35.5. The van der Waals surface area contributed by atoms with Gasteiger partial charge in [-0.05, 0) is 48.9 Å². The van der Waals surface area contributed by atoms with Gasteiger partial charge in [-0.1, -0.05) is 42.8 Å². The molecule has 1 unspecified atom stereocenters. The summed E-state index contributed by atoms with van der Waals surface area (Å²) >= 11 is 5.95. The fraction of sp³-hybridized carbons (Fsp3) is 0.333. The average molecular weight is 303 g/mol. The first-order valence-corrected chi connectivity index (χ1v) is 7.77. The molecule has 0 bridgehead atoms. The van der Waals surface area contributed by atoms with E-state index >= 15 is 0 Å². The van der Waals surface area contributed by atoms with Crippen molar-refractivity contribution in [3.8, 4) is 0 Å². The molecular formula is C18H23ClN2. The van der Waals surface area contributed by atoms with E-state index < -0.39 is 0 Å². The highest BCUT2D eigenvalue weighted by Crippen LogP contribution is 2.26. The number of rotatable bonds is 6. The molecule has 0 fully saturated rings. The Morgan fingerprint density at radius 1 is 1.05 bits per heavy atom. The second-order valence-corrected chi connectivity index (χ2v) is 5.72. The second kappa shape index (κ2) is 7.48. The van der Waals surface area contributed by atoms with Crippen molar-refractivity contribution < 1.29 is 0 Å². The molecule has 1 N–H and O–H groups in total. The molecule has 1 atom stereocenters. The summed E-state index contributed by atoms with van der Waals surface area (Å²) in [7, 11) is 2.12. The third kappa shape index (κ3) is 4.23. The van der Waals surface area contributed by atoms with E-state index in [1.54, 1.807) is 0 Å². The van der Waals surface area contributed by atoms with Crippen molar-refractivity contribution in [2.45, 2.75) is 26.4 Å². The second-order valence-electron chi connectivity index (χ2n) is 5.29. The zero-order valence-corrected chi connectivity index (χ0v) is 13.7. The predicted molar refractivity (Wildman–Crippen MR) is 92.1 cm³/mol. The smallest absolute Gasteiger partial charge is 0.0511 e. The van der Waals surface area contributed by atoms with E-state index in [9.17, 15) is 0 Å². The van der Waals surface area contributed by atoms with E-state index in [-0.39, 0.29) is 0 Å². The van der Waals surface area contributed by atoms with Crippen LogP contribution in [0.3, 0.4) is 0 Å². The van der Waals surface area contributed by atoms with Crippen molar-refractivity contribution in [3.05, 3.63) is 64.7 Å². The average Bonchev–Trinajstić information content (AvgIpc) is 2.53. The molecule has 0 heterocycles. The van der Waals surface area contributed by atoms with E-state index in [4.69, 9.17) is 11.6 Å². The number of nitrogens with zero attached hydrogens (tertiary/aromatic N) is 1. The minimum Gasteiger partial charge on any atom is -0.368 e. The summed E-state index contributed by atoms with van der Waals surface area (Å²) in [6, 6.07) is 17.1. The van der Waals surface area contributed by atoms with Crippen molar-refractivity contribution in [2.75, 3.05) is 18.5 Å². The van der Waals surface area contributed by atoms with Crippen LogP contribution in [0.4, 0.5) is 5.69 Å². The Morgan fingerprint density at radius 3 is 2.24 bits per heavy atom. The van der Waals surface area contributed by atoms with Crippen molar-refractivity contribution in [1.82, 2.24) is 5.32 Å². The number of nitrogens with one attached hydrogen (secondary N) is 1. The van der Waals surface area contributed by atoms with Crippen LogP contribution < -0.4 is 10.2 Å². The number of halogens is 1. The first kappa shape index (κ1) is 15.9. The van der Waals surface area contributed by atoms with Gasteiger partial charge in [0, 0.05) is 24.3 Å². The molecule has 2 nitrogen and oxygen atoms in total. The van der Waals surface area contributed by atoms with Gasteiger partial charge in [0.25, 0.3) is 0 Å². The minimum atomic E-state index is 0.307. The van der Waals surface area contributed by atoms with E-state index in [1.165, 1.54) is 16.8 Å². The van der Waals surface area contributed by atoms with Gasteiger partial charge in [-0.3, -0.25) is 0 Å². The monoisotopic (exact) mass is 302 g/mol. The van der Waals surface area contributed by atoms with Crippen molar-refractivity contribution in [1.29, 1.82) is 0 Å². The Hall–Kier alpha value is -1.51. The molecular weight excluding hydrogens is 280 g/mol. The molecule has 2 aromatic carbocycles. The third-order valence-electron chi connectivity index (χ3n) is 3.86. The Kier molecular flexibility index (Phi) is 5.66. The summed E-state index contributed by atoms with van der Waals surface area (Å²) in [5.74, 6) is 0. The van der Waals surface area contributed by atoms with Crippen LogP contribution in [0, 0.1) is 0 Å². The van der Waals surface area contributed by atoms with Crippen LogP contribution >= 0.6 is 11.6 Å². The lowest BCUT2D eigenvalue weighted by molar-refractivity contribution is 0.724. The first-order valence-electron chi connectivity index (χ1n) is 7.39. The van der Waals surface area contributed by atoms with Crippen molar-refractivity contribution in [3.63, 3.8) is 0 Å². The number of benzene rings is 2. The maximum Gasteiger partial charge on any atom is 0.0511 e. The lowest BCUT2D eigenvalue weighted by atomic mass is 10.1. The largest absolute Gasteiger partial charge is 0.368 e. The van der Waals surface area contributed by atoms with Gasteiger partial charge in [0.05, 0.1) is 6.04 Å². The molecule has 0 aliphatic carbocycles. The normalized spacial score (nSPS) is 12.2. The topological polar surface area (TPSA) is 15.3 Å². The molecule has 0 saturated carbocycles. The molecule has 0 aromatic heterocycles. The molecule has 3 heteroatoms. The summed E-state index contributed by atoms with van der Waals surface area (Å²) in [5.41, 5.74) is 3.80. The van der Waals surface area contributed by atoms with E-state index in [2.05, 4.69) is 67.5 Å². The van der Waals surface area contributed by atoms with Gasteiger partial charge in [0.2, 0.25) is 0 Å². The summed E-state index contributed by atoms with van der Waals surface area (Å²) in [4.78, 5) is 2.28. The molecule has 0 amide bonds. The SMILES string of the molecule is CCNCc1ccc(N(C)C(C)c2ccc(Cl)cc2)cc1. The summed E-state index contributed by atoms with van der Waals surface area (Å²) in [6.07, 6.45) is 0. The van der Waals surface area contributed by atoms with Crippen LogP contribution in [0.2, 0.25) is 5.02 Å². The number of hydrogen-bond donors (Lipinski definition) is 1. The van der Waals surface area contributed by atoms with E-state index in [0.29, 0.717) is 6.04 Å². The standard InChI is InChI=1S/C18H23ClN2/c1-4-20-13-15-5-11-18(12-6-15)21(3)14(2)16-7-9-17(19)10-8-16/h5-12,14,20H,4,13H2,1-3H3. The number of anilines is 1. The molecule has 0 saturated heterocycles. The Balaban J connectivity index is 2.08. The molecule has 112 valence electrons. The quantitative estimate of drug-likeness (QED) is 0.836. The van der Waals surface area contributed by atoms with E-state index in [0.717, 1.165) is 18.1 Å². The summed E-state index contributed by atoms with van der Waals surface area (Å²) in [6.45, 7) is 6.24. The zero-order valence-electron chi connectivity index (χ0n) is 12.9. The van der Waals surface area contributed by atoms with Crippen molar-refractivity contribution in [2.24, 2.45) is 0 Å². The van der Waals surface area contributed by atoms with Crippen LogP contribution in [0.5, 0.6) is 0 Å². The number of hydrogen-bond acceptors (Lipinski definition) is 2. The lowest BCUT2D eigenvalue weighted by Gasteiger charge is -2.27. The molecule has 21 heavy (non-hydrogen) atoms. The summed E-state index contributed by atoms with van der Waals surface area (Å²) < 4.78 is 0. The van der Waals surface area contributed by atoms with Gasteiger partial charge in [0.1, 0.15) is 0 Å². The Bertz CT molecular complexity index is 548. The molecule has 0 radical (unpaired) electrons. The van der Waals surface area contributed by atoms with Gasteiger partial charge in [-0.2, -0.15) is 0 Å². The lowest BCUT2D eigenvalue weighted by Crippen LogP contribution is -2.21. The van der Waals surface area contributed by atoms with Crippen LogP contribution in [-0.4, -0.2) is 13.6 Å². The van der Waals surface area contributed by atoms with Gasteiger partial charge in [-0.25, -0.2) is 0 Å². The molecule has 0 spiro atoms. The maximum absolute atomic E-state index is 5.95. The van der Waals surface area contributed by atoms with Gasteiger partial charge < -0.3 is 10.2 Å². The third-order valence-corrected chi connectivity index (χ3v) is 4.11. The van der Waals surface area contributed by atoms with Crippen LogP contribution in [0.1, 0.15) is 31.0 Å². The first-order chi connectivity index (χ1) is 10.1. The van der Waals surface area contributed by atoms with Crippen LogP contribution in [0.25, 0.3) is 0 Å². The Labute approximate surface area is 132 Å². The zero-order chi connectivity index (χ0) is 15.2. The van der Waals surface area contributed by atoms with Crippen LogP contribution in [0.15, 0.2) is 48.5 Å². The molecule has 2 aromatic rings. The van der Waals surface area contributed by atoms with Crippen molar-refractivity contribution >= 4 is 17.3 Å². The Morgan fingerprint density at radius 2 is 1.67 bits per heavy atom. The predicted octanol–water partition coefficient (Wildman–Crippen LogP) is 4.65. The fourth-order valence-electron chi connectivity index (χ4n) is 2.31. The maximum atomic E-state index is 5.95. The van der Waals surface area contributed by atoms with Crippen LogP contribution in [-0.2, 0) is 6.54 Å². The van der Waals surface area contributed by atoms with Gasteiger partial charge in [0.15, 0.2) is 0 Å². The molecule has 0 aliphatic heterocycles. The summed E-state index contributed by atoms with van der Waals surface area (Å²) in [5, 5.41) is 4.12. The highest BCUT2D eigenvalue weighted by molar-refractivity contribution is 6.30. The molecule has 2 rings (SSSR count). The minimum absolute atomic E-state index is 0.307. The molecule has 0 aliphatic rings.